The van der Waals surface area contributed by atoms with E-state index in [4.69, 9.17) is 32.1 Å². The number of fused-ring (bicyclic) bond motifs is 1. The molecule has 8 nitrogen and oxygen atoms in total. The number of halogens is 2. The maximum Gasteiger partial charge on any atom is 0.269 e. The second-order valence-corrected chi connectivity index (χ2v) is 7.13. The first-order chi connectivity index (χ1) is 14.3. The lowest BCUT2D eigenvalue weighted by Gasteiger charge is -2.05. The van der Waals surface area contributed by atoms with E-state index >= 15 is 0 Å². The van der Waals surface area contributed by atoms with Crippen molar-refractivity contribution in [3.8, 4) is 0 Å². The van der Waals surface area contributed by atoms with Gasteiger partial charge in [-0.15, -0.1) is 0 Å². The fourth-order valence-corrected chi connectivity index (χ4v) is 3.42. The third-order valence-electron chi connectivity index (χ3n) is 4.28. The Morgan fingerprint density at radius 2 is 1.93 bits per heavy atom. The number of aromatic nitrogens is 2. The Kier molecular flexibility index (Phi) is 5.11. The molecule has 10 heteroatoms. The highest BCUT2D eigenvalue weighted by atomic mass is 35.5. The van der Waals surface area contributed by atoms with Crippen LogP contribution in [0, 0.1) is 17.0 Å². The molecule has 0 N–H and O–H groups in total. The number of benzene rings is 2. The molecule has 0 fully saturated rings. The van der Waals surface area contributed by atoms with Gasteiger partial charge in [0.1, 0.15) is 6.26 Å². The topological polar surface area (TPSA) is 112 Å². The van der Waals surface area contributed by atoms with Crippen LogP contribution >= 0.6 is 23.2 Å². The molecule has 150 valence electrons. The zero-order chi connectivity index (χ0) is 21.4. The first-order valence-corrected chi connectivity index (χ1v) is 9.27. The Bertz CT molecular complexity index is 1370. The van der Waals surface area contributed by atoms with E-state index in [1.807, 2.05) is 0 Å². The highest BCUT2D eigenvalue weighted by Crippen LogP contribution is 2.29. The van der Waals surface area contributed by atoms with Crippen molar-refractivity contribution in [2.45, 2.75) is 6.92 Å². The van der Waals surface area contributed by atoms with Gasteiger partial charge >= 0.3 is 0 Å². The lowest BCUT2D eigenvalue weighted by Crippen LogP contribution is -2.06. The van der Waals surface area contributed by atoms with Crippen LogP contribution in [0.1, 0.15) is 22.8 Å². The molecule has 0 atom stereocenters. The van der Waals surface area contributed by atoms with Gasteiger partial charge in [0.05, 0.1) is 20.9 Å². The van der Waals surface area contributed by atoms with Crippen molar-refractivity contribution in [3.63, 3.8) is 0 Å². The summed E-state index contributed by atoms with van der Waals surface area (Å²) in [5.41, 5.74) is 0.941. The van der Waals surface area contributed by atoms with E-state index < -0.39 is 4.92 Å². The van der Waals surface area contributed by atoms with Crippen LogP contribution in [0.5, 0.6) is 0 Å². The quantitative estimate of drug-likeness (QED) is 0.311. The first-order valence-electron chi connectivity index (χ1n) is 8.51. The van der Waals surface area contributed by atoms with Crippen LogP contribution in [0.3, 0.4) is 0 Å². The number of hydrogen-bond donors (Lipinski definition) is 0. The van der Waals surface area contributed by atoms with E-state index in [-0.39, 0.29) is 38.5 Å². The summed E-state index contributed by atoms with van der Waals surface area (Å²) in [4.78, 5) is 27.7. The Balaban J connectivity index is 1.92. The van der Waals surface area contributed by atoms with Crippen LogP contribution in [-0.4, -0.2) is 15.1 Å². The summed E-state index contributed by atoms with van der Waals surface area (Å²) < 4.78 is 10.6. The minimum absolute atomic E-state index is 0.0723. The molecule has 0 aliphatic rings. The molecule has 0 radical (unpaired) electrons. The van der Waals surface area contributed by atoms with Crippen molar-refractivity contribution in [1.82, 2.24) is 10.1 Å². The van der Waals surface area contributed by atoms with E-state index in [2.05, 4.69) is 10.1 Å². The maximum atomic E-state index is 13.0. The average molecular weight is 444 g/mol. The fraction of sp³-hybridized carbons (Fsp3) is 0.0500. The lowest BCUT2D eigenvalue weighted by molar-refractivity contribution is -0.384. The fourth-order valence-electron chi connectivity index (χ4n) is 2.88. The summed E-state index contributed by atoms with van der Waals surface area (Å²) >= 11 is 12.1. The molecule has 0 aliphatic heterocycles. The zero-order valence-electron chi connectivity index (χ0n) is 15.3. The number of hydrogen-bond acceptors (Lipinski definition) is 7. The molecule has 0 saturated carbocycles. The van der Waals surface area contributed by atoms with Gasteiger partial charge in [0.25, 0.3) is 5.69 Å². The molecule has 0 bridgehead atoms. The van der Waals surface area contributed by atoms with Crippen molar-refractivity contribution >= 4 is 51.5 Å². The molecule has 0 amide bonds. The Hall–Kier alpha value is -3.49. The smallest absolute Gasteiger partial charge is 0.269 e. The number of nitrogens with zero attached hydrogens (tertiary/aromatic N) is 3. The normalized spacial score (nSPS) is 11.8. The van der Waals surface area contributed by atoms with E-state index in [9.17, 15) is 14.9 Å². The first kappa shape index (κ1) is 19.8. The van der Waals surface area contributed by atoms with Crippen LogP contribution in [0.2, 0.25) is 10.0 Å². The number of aryl methyl sites for hydroxylation is 1. The molecule has 0 spiro atoms. The predicted octanol–water partition coefficient (Wildman–Crippen LogP) is 5.29. The summed E-state index contributed by atoms with van der Waals surface area (Å²) in [6.07, 6.45) is 2.79. The highest BCUT2D eigenvalue weighted by molar-refractivity contribution is 6.38. The van der Waals surface area contributed by atoms with Gasteiger partial charge in [0.2, 0.25) is 11.7 Å². The molecule has 4 rings (SSSR count). The number of rotatable bonds is 4. The Morgan fingerprint density at radius 1 is 1.20 bits per heavy atom. The van der Waals surface area contributed by atoms with Crippen LogP contribution in [-0.2, 0) is 0 Å². The van der Waals surface area contributed by atoms with Crippen molar-refractivity contribution in [3.05, 3.63) is 95.9 Å². The molecular formula is C20H11Cl2N3O5. The second kappa shape index (κ2) is 7.74. The summed E-state index contributed by atoms with van der Waals surface area (Å²) in [6, 6.07) is 8.71. The minimum atomic E-state index is -0.503. The van der Waals surface area contributed by atoms with E-state index in [1.165, 1.54) is 48.7 Å². The van der Waals surface area contributed by atoms with Gasteiger partial charge < -0.3 is 8.94 Å². The number of nitro groups is 1. The third-order valence-corrected chi connectivity index (χ3v) is 4.78. The minimum Gasteiger partial charge on any atom is -0.462 e. The SMILES string of the molecule is Cc1nc(/C(=C\c2coc3c(Cl)cc(Cl)cc3c2=O)c2ccc([N+](=O)[O-])cc2)no1. The number of nitro benzene ring substituents is 1. The van der Waals surface area contributed by atoms with Crippen molar-refractivity contribution in [2.75, 3.05) is 0 Å². The second-order valence-electron chi connectivity index (χ2n) is 6.28. The van der Waals surface area contributed by atoms with Crippen LogP contribution in [0.4, 0.5) is 5.69 Å². The van der Waals surface area contributed by atoms with Crippen LogP contribution in [0.15, 0.2) is 56.4 Å². The highest BCUT2D eigenvalue weighted by Gasteiger charge is 2.16. The van der Waals surface area contributed by atoms with E-state index in [1.54, 1.807) is 6.92 Å². The summed E-state index contributed by atoms with van der Waals surface area (Å²) in [6.45, 7) is 1.62. The van der Waals surface area contributed by atoms with Crippen molar-refractivity contribution < 1.29 is 13.9 Å². The maximum absolute atomic E-state index is 13.0. The molecule has 30 heavy (non-hydrogen) atoms. The van der Waals surface area contributed by atoms with E-state index in [0.29, 0.717) is 22.0 Å². The molecule has 0 saturated heterocycles. The standard InChI is InChI=1S/C20H11Cl2N3O5/c1-10-23-20(24-30-10)15(11-2-4-14(5-3-11)25(27)28)6-12-9-29-19-16(18(12)26)7-13(21)8-17(19)22/h2-9H,1H3/b15-6-. The third kappa shape index (κ3) is 3.70. The monoisotopic (exact) mass is 443 g/mol. The van der Waals surface area contributed by atoms with Crippen molar-refractivity contribution in [2.24, 2.45) is 0 Å². The van der Waals surface area contributed by atoms with Gasteiger partial charge in [-0.1, -0.05) is 28.4 Å². The van der Waals surface area contributed by atoms with Gasteiger partial charge in [-0.2, -0.15) is 4.98 Å². The van der Waals surface area contributed by atoms with Crippen LogP contribution < -0.4 is 5.43 Å². The molecular weight excluding hydrogens is 433 g/mol. The van der Waals surface area contributed by atoms with Crippen LogP contribution in [0.25, 0.3) is 22.6 Å². The van der Waals surface area contributed by atoms with Gasteiger partial charge in [0.15, 0.2) is 11.0 Å². The average Bonchev–Trinajstić information content (AvgIpc) is 3.14. The molecule has 4 aromatic rings. The summed E-state index contributed by atoms with van der Waals surface area (Å²) in [7, 11) is 0. The molecule has 2 aromatic carbocycles. The zero-order valence-corrected chi connectivity index (χ0v) is 16.8. The Morgan fingerprint density at radius 3 is 2.57 bits per heavy atom. The summed E-state index contributed by atoms with van der Waals surface area (Å²) in [5.74, 6) is 0.534. The van der Waals surface area contributed by atoms with Gasteiger partial charge in [-0.25, -0.2) is 0 Å². The Labute approximate surface area is 178 Å². The molecule has 2 heterocycles. The molecule has 0 unspecified atom stereocenters. The summed E-state index contributed by atoms with van der Waals surface area (Å²) in [5, 5.41) is 15.6. The lowest BCUT2D eigenvalue weighted by atomic mass is 10.0. The van der Waals surface area contributed by atoms with Gasteiger partial charge in [-0.05, 0) is 35.9 Å². The van der Waals surface area contributed by atoms with Crippen molar-refractivity contribution in [1.29, 1.82) is 0 Å². The molecule has 0 aliphatic carbocycles. The van der Waals surface area contributed by atoms with E-state index in [0.717, 1.165) is 0 Å². The van der Waals surface area contributed by atoms with Gasteiger partial charge in [-0.3, -0.25) is 14.9 Å². The predicted molar refractivity (Wildman–Crippen MR) is 112 cm³/mol. The number of non-ortho nitro benzene ring substituents is 1. The van der Waals surface area contributed by atoms with Gasteiger partial charge in [0, 0.05) is 29.7 Å². The largest absolute Gasteiger partial charge is 0.462 e. The molecule has 2 aromatic heterocycles.